The first-order chi connectivity index (χ1) is 14.1. The molecule has 0 atom stereocenters. The standard InChI is InChI=1S/C24H23N3OS/c1-27(2)15-17-7-9-18(10-8-17)21-6-4-3-5-20(21)14-25-24(28)19-11-12-22-23(13-19)29-16-26-22/h3-13,16H,14-15H2,1-2H3,(H,25,28). The van der Waals surface area contributed by atoms with Crippen LogP contribution in [0.4, 0.5) is 0 Å². The number of carbonyl (C=O) groups excluding carboxylic acids is 1. The summed E-state index contributed by atoms with van der Waals surface area (Å²) in [4.78, 5) is 19.1. The molecule has 0 aliphatic carbocycles. The molecule has 1 heterocycles. The molecule has 4 aromatic rings. The van der Waals surface area contributed by atoms with Crippen LogP contribution in [-0.4, -0.2) is 29.9 Å². The van der Waals surface area contributed by atoms with Gasteiger partial charge in [0.1, 0.15) is 0 Å². The van der Waals surface area contributed by atoms with E-state index in [4.69, 9.17) is 0 Å². The Hall–Kier alpha value is -3.02. The Morgan fingerprint density at radius 3 is 2.62 bits per heavy atom. The number of fused-ring (bicyclic) bond motifs is 1. The Morgan fingerprint density at radius 1 is 1.03 bits per heavy atom. The minimum Gasteiger partial charge on any atom is -0.348 e. The minimum atomic E-state index is -0.0727. The van der Waals surface area contributed by atoms with Crippen LogP contribution in [0.1, 0.15) is 21.5 Å². The molecule has 5 heteroatoms. The van der Waals surface area contributed by atoms with Crippen molar-refractivity contribution in [2.24, 2.45) is 0 Å². The number of amides is 1. The SMILES string of the molecule is CN(C)Cc1ccc(-c2ccccc2CNC(=O)c2ccc3ncsc3c2)cc1. The number of hydrogen-bond acceptors (Lipinski definition) is 4. The molecule has 4 rings (SSSR count). The molecule has 4 nitrogen and oxygen atoms in total. The van der Waals surface area contributed by atoms with Gasteiger partial charge in [0, 0.05) is 18.7 Å². The fraction of sp³-hybridized carbons (Fsp3) is 0.167. The van der Waals surface area contributed by atoms with Gasteiger partial charge in [-0.3, -0.25) is 4.79 Å². The zero-order chi connectivity index (χ0) is 20.2. The number of hydrogen-bond donors (Lipinski definition) is 1. The van der Waals surface area contributed by atoms with Gasteiger partial charge in [-0.05, 0) is 54.5 Å². The molecule has 1 N–H and O–H groups in total. The summed E-state index contributed by atoms with van der Waals surface area (Å²) >= 11 is 1.54. The molecule has 0 fully saturated rings. The van der Waals surface area contributed by atoms with Crippen LogP contribution in [0.15, 0.2) is 72.2 Å². The lowest BCUT2D eigenvalue weighted by Gasteiger charge is -2.13. The molecular weight excluding hydrogens is 378 g/mol. The Balaban J connectivity index is 1.50. The molecule has 0 radical (unpaired) electrons. The van der Waals surface area contributed by atoms with Crippen LogP contribution in [-0.2, 0) is 13.1 Å². The Kier molecular flexibility index (Phi) is 5.69. The predicted octanol–water partition coefficient (Wildman–Crippen LogP) is 4.95. The maximum absolute atomic E-state index is 12.6. The lowest BCUT2D eigenvalue weighted by atomic mass is 9.98. The van der Waals surface area contributed by atoms with Crippen LogP contribution in [0.5, 0.6) is 0 Å². The average Bonchev–Trinajstić information content (AvgIpc) is 3.20. The summed E-state index contributed by atoms with van der Waals surface area (Å²) in [6, 6.07) is 22.5. The predicted molar refractivity (Wildman–Crippen MR) is 120 cm³/mol. The third-order valence-corrected chi connectivity index (χ3v) is 5.61. The van der Waals surface area contributed by atoms with Crippen molar-refractivity contribution in [3.8, 4) is 11.1 Å². The molecular formula is C24H23N3OS. The lowest BCUT2D eigenvalue weighted by molar-refractivity contribution is 0.0951. The summed E-state index contributed by atoms with van der Waals surface area (Å²) in [5.74, 6) is -0.0727. The van der Waals surface area contributed by atoms with Crippen LogP contribution in [0.25, 0.3) is 21.3 Å². The van der Waals surface area contributed by atoms with Gasteiger partial charge in [-0.15, -0.1) is 11.3 Å². The van der Waals surface area contributed by atoms with Gasteiger partial charge < -0.3 is 10.2 Å². The molecule has 1 amide bonds. The van der Waals surface area contributed by atoms with E-state index in [0.717, 1.165) is 33.5 Å². The first kappa shape index (κ1) is 19.3. The number of rotatable bonds is 6. The van der Waals surface area contributed by atoms with Crippen molar-refractivity contribution in [2.75, 3.05) is 14.1 Å². The highest BCUT2D eigenvalue weighted by molar-refractivity contribution is 7.16. The summed E-state index contributed by atoms with van der Waals surface area (Å²) in [5, 5.41) is 3.06. The third kappa shape index (κ3) is 4.53. The molecule has 3 aromatic carbocycles. The molecule has 0 bridgehead atoms. The second-order valence-electron chi connectivity index (χ2n) is 7.31. The van der Waals surface area contributed by atoms with Crippen molar-refractivity contribution in [2.45, 2.75) is 13.1 Å². The number of thiazole rings is 1. The molecule has 1 aromatic heterocycles. The summed E-state index contributed by atoms with van der Waals surface area (Å²) in [5.41, 5.74) is 8.06. The first-order valence-corrected chi connectivity index (χ1v) is 10.4. The van der Waals surface area contributed by atoms with Gasteiger partial charge in [0.05, 0.1) is 15.7 Å². The fourth-order valence-electron chi connectivity index (χ4n) is 3.38. The van der Waals surface area contributed by atoms with E-state index in [1.165, 1.54) is 5.56 Å². The summed E-state index contributed by atoms with van der Waals surface area (Å²) < 4.78 is 1.02. The van der Waals surface area contributed by atoms with Crippen molar-refractivity contribution in [1.29, 1.82) is 0 Å². The maximum atomic E-state index is 12.6. The fourth-order valence-corrected chi connectivity index (χ4v) is 4.10. The lowest BCUT2D eigenvalue weighted by Crippen LogP contribution is -2.23. The minimum absolute atomic E-state index is 0.0727. The smallest absolute Gasteiger partial charge is 0.251 e. The van der Waals surface area contributed by atoms with Gasteiger partial charge >= 0.3 is 0 Å². The molecule has 0 spiro atoms. The Labute approximate surface area is 174 Å². The highest BCUT2D eigenvalue weighted by Crippen LogP contribution is 2.25. The van der Waals surface area contributed by atoms with Gasteiger partial charge in [0.25, 0.3) is 5.91 Å². The largest absolute Gasteiger partial charge is 0.348 e. The van der Waals surface area contributed by atoms with E-state index in [-0.39, 0.29) is 5.91 Å². The summed E-state index contributed by atoms with van der Waals surface area (Å²) in [6.45, 7) is 1.40. The van der Waals surface area contributed by atoms with E-state index in [0.29, 0.717) is 12.1 Å². The molecule has 0 aliphatic rings. The molecule has 0 saturated carbocycles. The first-order valence-electron chi connectivity index (χ1n) is 9.53. The third-order valence-electron chi connectivity index (χ3n) is 4.81. The number of nitrogens with one attached hydrogen (secondary N) is 1. The summed E-state index contributed by atoms with van der Waals surface area (Å²) in [7, 11) is 4.14. The second-order valence-corrected chi connectivity index (χ2v) is 8.20. The Morgan fingerprint density at radius 2 is 1.83 bits per heavy atom. The Bertz CT molecular complexity index is 1130. The highest BCUT2D eigenvalue weighted by Gasteiger charge is 2.10. The molecule has 0 aliphatic heterocycles. The summed E-state index contributed by atoms with van der Waals surface area (Å²) in [6.07, 6.45) is 0. The van der Waals surface area contributed by atoms with E-state index >= 15 is 0 Å². The second kappa shape index (κ2) is 8.55. The van der Waals surface area contributed by atoms with Crippen LogP contribution in [0.3, 0.4) is 0 Å². The topological polar surface area (TPSA) is 45.2 Å². The van der Waals surface area contributed by atoms with Crippen molar-refractivity contribution >= 4 is 27.5 Å². The number of benzene rings is 3. The molecule has 29 heavy (non-hydrogen) atoms. The van der Waals surface area contributed by atoms with E-state index in [9.17, 15) is 4.79 Å². The highest BCUT2D eigenvalue weighted by atomic mass is 32.1. The maximum Gasteiger partial charge on any atom is 0.251 e. The molecule has 146 valence electrons. The van der Waals surface area contributed by atoms with Gasteiger partial charge in [0.15, 0.2) is 0 Å². The van der Waals surface area contributed by atoms with Gasteiger partial charge in [-0.25, -0.2) is 4.98 Å². The van der Waals surface area contributed by atoms with Crippen molar-refractivity contribution in [1.82, 2.24) is 15.2 Å². The average molecular weight is 402 g/mol. The van der Waals surface area contributed by atoms with Gasteiger partial charge in [-0.1, -0.05) is 48.5 Å². The van der Waals surface area contributed by atoms with Crippen molar-refractivity contribution < 1.29 is 4.79 Å². The van der Waals surface area contributed by atoms with E-state index in [1.807, 2.05) is 30.3 Å². The van der Waals surface area contributed by atoms with Crippen LogP contribution < -0.4 is 5.32 Å². The van der Waals surface area contributed by atoms with Crippen molar-refractivity contribution in [3.05, 3.63) is 88.9 Å². The number of carbonyl (C=O) groups is 1. The van der Waals surface area contributed by atoms with E-state index in [1.54, 1.807) is 16.8 Å². The monoisotopic (exact) mass is 401 g/mol. The van der Waals surface area contributed by atoms with Crippen molar-refractivity contribution in [3.63, 3.8) is 0 Å². The van der Waals surface area contributed by atoms with E-state index in [2.05, 4.69) is 65.7 Å². The van der Waals surface area contributed by atoms with Gasteiger partial charge in [-0.2, -0.15) is 0 Å². The zero-order valence-electron chi connectivity index (χ0n) is 16.6. The van der Waals surface area contributed by atoms with E-state index < -0.39 is 0 Å². The van der Waals surface area contributed by atoms with Gasteiger partial charge in [0.2, 0.25) is 0 Å². The van der Waals surface area contributed by atoms with Crippen LogP contribution in [0, 0.1) is 0 Å². The van der Waals surface area contributed by atoms with Crippen LogP contribution >= 0.6 is 11.3 Å². The number of nitrogens with zero attached hydrogens (tertiary/aromatic N) is 2. The molecule has 0 saturated heterocycles. The normalized spacial score (nSPS) is 11.1. The quantitative estimate of drug-likeness (QED) is 0.497. The number of aromatic nitrogens is 1. The van der Waals surface area contributed by atoms with Crippen LogP contribution in [0.2, 0.25) is 0 Å². The molecule has 0 unspecified atom stereocenters. The zero-order valence-corrected chi connectivity index (χ0v) is 17.4.